The summed E-state index contributed by atoms with van der Waals surface area (Å²) in [6, 6.07) is 17.9. The second-order valence-electron chi connectivity index (χ2n) is 7.54. The minimum absolute atomic E-state index is 0.0412. The van der Waals surface area contributed by atoms with Crippen molar-refractivity contribution in [2.45, 2.75) is 0 Å². The van der Waals surface area contributed by atoms with Gasteiger partial charge in [0.15, 0.2) is 0 Å². The monoisotopic (exact) mass is 445 g/mol. The summed E-state index contributed by atoms with van der Waals surface area (Å²) < 4.78 is 16.0. The van der Waals surface area contributed by atoms with Crippen molar-refractivity contribution < 1.29 is 14.3 Å². The number of phenolic OH excluding ortho intramolecular Hbond substituents is 1. The third kappa shape index (κ3) is 3.55. The first-order chi connectivity index (χ1) is 15.4. The average Bonchev–Trinajstić information content (AvgIpc) is 3.08. The van der Waals surface area contributed by atoms with Gasteiger partial charge in [0.25, 0.3) is 5.91 Å². The lowest BCUT2D eigenvalue weighted by atomic mass is 10.0. The van der Waals surface area contributed by atoms with Gasteiger partial charge in [-0.2, -0.15) is 0 Å². The molecule has 158 valence electrons. The van der Waals surface area contributed by atoms with E-state index in [2.05, 4.69) is 10.3 Å². The van der Waals surface area contributed by atoms with Gasteiger partial charge in [0, 0.05) is 51.9 Å². The number of anilines is 1. The average molecular weight is 446 g/mol. The van der Waals surface area contributed by atoms with Crippen molar-refractivity contribution in [3.05, 3.63) is 89.5 Å². The van der Waals surface area contributed by atoms with E-state index in [0.29, 0.717) is 27.4 Å². The molecule has 0 aliphatic heterocycles. The van der Waals surface area contributed by atoms with E-state index in [-0.39, 0.29) is 17.3 Å². The van der Waals surface area contributed by atoms with Gasteiger partial charge in [-0.15, -0.1) is 0 Å². The Morgan fingerprint density at radius 3 is 2.72 bits per heavy atom. The molecule has 0 radical (unpaired) electrons. The Kier molecular flexibility index (Phi) is 4.79. The van der Waals surface area contributed by atoms with Crippen LogP contribution in [0.4, 0.5) is 10.1 Å². The van der Waals surface area contributed by atoms with Crippen LogP contribution in [0.3, 0.4) is 0 Å². The highest BCUT2D eigenvalue weighted by Gasteiger charge is 2.18. The van der Waals surface area contributed by atoms with Gasteiger partial charge in [0.05, 0.1) is 5.69 Å². The number of amides is 1. The first-order valence-electron chi connectivity index (χ1n) is 9.85. The maximum absolute atomic E-state index is 14.1. The number of nitrogens with zero attached hydrogens (tertiary/aromatic N) is 2. The van der Waals surface area contributed by atoms with Gasteiger partial charge >= 0.3 is 0 Å². The standard InChI is InChI=1S/C25H17ClFN3O2/c1-30-13-21(20-11-16(27)6-8-23(20)30)24-19-7-5-15(26)9-14(19)10-22(29-24)25(32)28-17-3-2-4-18(31)12-17/h2-13,31H,1H3,(H,28,32). The van der Waals surface area contributed by atoms with Crippen molar-refractivity contribution >= 4 is 44.9 Å². The van der Waals surface area contributed by atoms with Gasteiger partial charge in [-0.1, -0.05) is 23.7 Å². The van der Waals surface area contributed by atoms with Crippen molar-refractivity contribution in [1.82, 2.24) is 9.55 Å². The first kappa shape index (κ1) is 20.0. The van der Waals surface area contributed by atoms with Crippen LogP contribution in [0.5, 0.6) is 5.75 Å². The van der Waals surface area contributed by atoms with Gasteiger partial charge in [-0.25, -0.2) is 9.37 Å². The molecule has 0 aliphatic carbocycles. The number of aromatic hydroxyl groups is 1. The van der Waals surface area contributed by atoms with E-state index in [1.807, 2.05) is 23.9 Å². The Morgan fingerprint density at radius 1 is 1.06 bits per heavy atom. The molecule has 2 aromatic heterocycles. The summed E-state index contributed by atoms with van der Waals surface area (Å²) in [7, 11) is 1.88. The lowest BCUT2D eigenvalue weighted by molar-refractivity contribution is 0.102. The molecule has 3 aromatic carbocycles. The minimum atomic E-state index is -0.440. The molecule has 5 aromatic rings. The fourth-order valence-corrected chi connectivity index (χ4v) is 4.06. The summed E-state index contributed by atoms with van der Waals surface area (Å²) >= 11 is 6.21. The van der Waals surface area contributed by atoms with Gasteiger partial charge < -0.3 is 15.0 Å². The Hall–Kier alpha value is -3.90. The zero-order valence-electron chi connectivity index (χ0n) is 16.9. The second-order valence-corrected chi connectivity index (χ2v) is 7.98. The molecule has 0 bridgehead atoms. The summed E-state index contributed by atoms with van der Waals surface area (Å²) in [5.74, 6) is -0.750. The molecule has 5 rings (SSSR count). The zero-order valence-corrected chi connectivity index (χ0v) is 17.7. The van der Waals surface area contributed by atoms with Crippen molar-refractivity contribution in [2.24, 2.45) is 7.05 Å². The van der Waals surface area contributed by atoms with E-state index >= 15 is 0 Å². The lowest BCUT2D eigenvalue weighted by Gasteiger charge is -2.11. The summed E-state index contributed by atoms with van der Waals surface area (Å²) in [6.45, 7) is 0. The number of fused-ring (bicyclic) bond motifs is 2. The molecule has 0 saturated carbocycles. The van der Waals surface area contributed by atoms with Gasteiger partial charge in [-0.3, -0.25) is 4.79 Å². The molecular weight excluding hydrogens is 429 g/mol. The van der Waals surface area contributed by atoms with Crippen LogP contribution in [0.2, 0.25) is 5.02 Å². The molecule has 0 saturated heterocycles. The topological polar surface area (TPSA) is 67.2 Å². The number of carbonyl (C=O) groups excluding carboxylic acids is 1. The smallest absolute Gasteiger partial charge is 0.274 e. The Labute approximate surface area is 187 Å². The van der Waals surface area contributed by atoms with Crippen LogP contribution in [0, 0.1) is 5.82 Å². The predicted molar refractivity (Wildman–Crippen MR) is 125 cm³/mol. The number of aromatic nitrogens is 2. The van der Waals surface area contributed by atoms with E-state index < -0.39 is 5.91 Å². The minimum Gasteiger partial charge on any atom is -0.508 e. The van der Waals surface area contributed by atoms with Crippen LogP contribution in [0.25, 0.3) is 32.9 Å². The molecule has 0 spiro atoms. The molecule has 7 heteroatoms. The molecule has 32 heavy (non-hydrogen) atoms. The van der Waals surface area contributed by atoms with E-state index in [0.717, 1.165) is 16.3 Å². The number of hydrogen-bond acceptors (Lipinski definition) is 3. The molecule has 2 N–H and O–H groups in total. The normalized spacial score (nSPS) is 11.2. The number of benzene rings is 3. The van der Waals surface area contributed by atoms with E-state index in [4.69, 9.17) is 11.6 Å². The molecule has 0 fully saturated rings. The number of hydrogen-bond donors (Lipinski definition) is 2. The van der Waals surface area contributed by atoms with Crippen molar-refractivity contribution in [1.29, 1.82) is 0 Å². The molecule has 0 atom stereocenters. The van der Waals surface area contributed by atoms with Gasteiger partial charge in [0.1, 0.15) is 17.3 Å². The van der Waals surface area contributed by atoms with E-state index in [9.17, 15) is 14.3 Å². The highest BCUT2D eigenvalue weighted by Crippen LogP contribution is 2.35. The summed E-state index contributed by atoms with van der Waals surface area (Å²) in [6.07, 6.45) is 1.87. The number of phenols is 1. The number of halogens is 2. The number of aryl methyl sites for hydroxylation is 1. The number of nitrogens with one attached hydrogen (secondary N) is 1. The van der Waals surface area contributed by atoms with Crippen LogP contribution in [-0.4, -0.2) is 20.6 Å². The Balaban J connectivity index is 1.71. The maximum Gasteiger partial charge on any atom is 0.274 e. The highest BCUT2D eigenvalue weighted by atomic mass is 35.5. The summed E-state index contributed by atoms with van der Waals surface area (Å²) in [4.78, 5) is 17.7. The Bertz CT molecular complexity index is 1530. The zero-order chi connectivity index (χ0) is 22.4. The molecular formula is C25H17ClFN3O2. The Morgan fingerprint density at radius 2 is 1.91 bits per heavy atom. The van der Waals surface area contributed by atoms with E-state index in [1.165, 1.54) is 24.3 Å². The molecule has 2 heterocycles. The van der Waals surface area contributed by atoms with Crippen LogP contribution in [0.15, 0.2) is 72.9 Å². The van der Waals surface area contributed by atoms with Crippen LogP contribution >= 0.6 is 11.6 Å². The van der Waals surface area contributed by atoms with E-state index in [1.54, 1.807) is 36.4 Å². The maximum atomic E-state index is 14.1. The molecule has 0 aliphatic rings. The molecule has 0 unspecified atom stereocenters. The molecule has 1 amide bonds. The largest absolute Gasteiger partial charge is 0.508 e. The number of pyridine rings is 1. The van der Waals surface area contributed by atoms with Crippen LogP contribution in [0.1, 0.15) is 10.5 Å². The fraction of sp³-hybridized carbons (Fsp3) is 0.0400. The summed E-state index contributed by atoms with van der Waals surface area (Å²) in [5.41, 5.74) is 2.72. The fourth-order valence-electron chi connectivity index (χ4n) is 3.88. The highest BCUT2D eigenvalue weighted by molar-refractivity contribution is 6.31. The number of carbonyl (C=O) groups is 1. The SMILES string of the molecule is Cn1cc(-c2nc(C(=O)Nc3cccc(O)c3)cc3cc(Cl)ccc23)c2cc(F)ccc21. The third-order valence-corrected chi connectivity index (χ3v) is 5.57. The van der Waals surface area contributed by atoms with Crippen molar-refractivity contribution in [2.75, 3.05) is 5.32 Å². The van der Waals surface area contributed by atoms with Crippen LogP contribution in [-0.2, 0) is 7.05 Å². The van der Waals surface area contributed by atoms with Gasteiger partial charge in [0.2, 0.25) is 0 Å². The van der Waals surface area contributed by atoms with Crippen LogP contribution < -0.4 is 5.32 Å². The summed E-state index contributed by atoms with van der Waals surface area (Å²) in [5, 5.41) is 15.2. The predicted octanol–water partition coefficient (Wildman–Crippen LogP) is 6.14. The van der Waals surface area contributed by atoms with Crippen molar-refractivity contribution in [3.63, 3.8) is 0 Å². The lowest BCUT2D eigenvalue weighted by Crippen LogP contribution is -2.14. The first-order valence-corrected chi connectivity index (χ1v) is 10.2. The quantitative estimate of drug-likeness (QED) is 0.350. The number of rotatable bonds is 3. The second kappa shape index (κ2) is 7.66. The van der Waals surface area contributed by atoms with Gasteiger partial charge in [-0.05, 0) is 53.9 Å². The molecule has 5 nitrogen and oxygen atoms in total. The third-order valence-electron chi connectivity index (χ3n) is 5.34. The van der Waals surface area contributed by atoms with Crippen molar-refractivity contribution in [3.8, 4) is 17.0 Å².